The second kappa shape index (κ2) is 18.7. The molecule has 0 radical (unpaired) electrons. The second-order valence-corrected chi connectivity index (χ2v) is 9.43. The molecular formula is C21H42O5Si. The van der Waals surface area contributed by atoms with Crippen LogP contribution in [0.1, 0.15) is 85.0 Å². The van der Waals surface area contributed by atoms with E-state index in [1.54, 1.807) is 0 Å². The molecule has 0 rings (SSSR count). The van der Waals surface area contributed by atoms with Crippen molar-refractivity contribution in [1.82, 2.24) is 0 Å². The average molecular weight is 403 g/mol. The van der Waals surface area contributed by atoms with Gasteiger partial charge in [0.05, 0.1) is 6.61 Å². The van der Waals surface area contributed by atoms with Gasteiger partial charge in [-0.25, -0.2) is 4.79 Å². The highest BCUT2D eigenvalue weighted by Crippen LogP contribution is 2.21. The Labute approximate surface area is 168 Å². The molecule has 0 saturated carbocycles. The molecule has 0 bridgehead atoms. The minimum absolute atomic E-state index is 0.192. The Morgan fingerprint density at radius 1 is 0.778 bits per heavy atom. The van der Waals surface area contributed by atoms with Crippen LogP contribution in [0.3, 0.4) is 0 Å². The van der Waals surface area contributed by atoms with Gasteiger partial charge >= 0.3 is 14.8 Å². The molecule has 0 aromatic carbocycles. The standard InChI is InChI=1S/C21H42O5Si/c1-5-9-10-11-12-13-14-15-16-17-20-27(24-7-3,25-8-4)26-19-18-23-21(22)6-2/h6H,2,5,7-20H2,1,3-4H3. The molecule has 0 aliphatic carbocycles. The van der Waals surface area contributed by atoms with E-state index in [-0.39, 0.29) is 6.61 Å². The molecule has 27 heavy (non-hydrogen) atoms. The van der Waals surface area contributed by atoms with Crippen molar-refractivity contribution in [2.24, 2.45) is 0 Å². The minimum atomic E-state index is -2.69. The van der Waals surface area contributed by atoms with E-state index in [0.29, 0.717) is 19.8 Å². The van der Waals surface area contributed by atoms with Gasteiger partial charge in [-0.1, -0.05) is 71.3 Å². The Balaban J connectivity index is 4.06. The average Bonchev–Trinajstić information content (AvgIpc) is 2.67. The van der Waals surface area contributed by atoms with Crippen LogP contribution in [0.25, 0.3) is 0 Å². The van der Waals surface area contributed by atoms with Crippen LogP contribution in [-0.2, 0) is 22.8 Å². The van der Waals surface area contributed by atoms with Crippen molar-refractivity contribution in [2.45, 2.75) is 91.0 Å². The molecule has 0 aromatic heterocycles. The zero-order valence-corrected chi connectivity index (χ0v) is 18.9. The first kappa shape index (κ1) is 26.3. The van der Waals surface area contributed by atoms with E-state index >= 15 is 0 Å². The first-order valence-corrected chi connectivity index (χ1v) is 12.8. The van der Waals surface area contributed by atoms with Crippen LogP contribution in [0.5, 0.6) is 0 Å². The third kappa shape index (κ3) is 15.0. The summed E-state index contributed by atoms with van der Waals surface area (Å²) in [6, 6.07) is 0.820. The number of unbranched alkanes of at least 4 members (excludes halogenated alkanes) is 9. The molecule has 0 saturated heterocycles. The number of hydrogen-bond donors (Lipinski definition) is 0. The summed E-state index contributed by atoms with van der Waals surface area (Å²) in [5.41, 5.74) is 0. The highest BCUT2D eigenvalue weighted by molar-refractivity contribution is 6.60. The molecule has 0 N–H and O–H groups in total. The lowest BCUT2D eigenvalue weighted by molar-refractivity contribution is -0.138. The van der Waals surface area contributed by atoms with Crippen LogP contribution < -0.4 is 0 Å². The largest absolute Gasteiger partial charge is 0.501 e. The highest BCUT2D eigenvalue weighted by atomic mass is 28.4. The molecule has 0 spiro atoms. The summed E-state index contributed by atoms with van der Waals surface area (Å²) >= 11 is 0. The maximum atomic E-state index is 11.1. The van der Waals surface area contributed by atoms with Gasteiger partial charge in [-0.2, -0.15) is 0 Å². The van der Waals surface area contributed by atoms with Gasteiger partial charge < -0.3 is 18.0 Å². The molecule has 5 nitrogen and oxygen atoms in total. The van der Waals surface area contributed by atoms with E-state index in [0.717, 1.165) is 18.5 Å². The van der Waals surface area contributed by atoms with Crippen molar-refractivity contribution in [3.63, 3.8) is 0 Å². The Bertz CT molecular complexity index is 356. The molecule has 0 unspecified atom stereocenters. The van der Waals surface area contributed by atoms with Crippen LogP contribution in [0, 0.1) is 0 Å². The first-order valence-electron chi connectivity index (χ1n) is 10.8. The van der Waals surface area contributed by atoms with E-state index in [1.165, 1.54) is 57.8 Å². The number of esters is 1. The summed E-state index contributed by atoms with van der Waals surface area (Å²) in [5, 5.41) is 0. The summed E-state index contributed by atoms with van der Waals surface area (Å²) < 4.78 is 22.8. The fourth-order valence-corrected chi connectivity index (χ4v) is 5.65. The Morgan fingerprint density at radius 2 is 1.30 bits per heavy atom. The Kier molecular flexibility index (Phi) is 18.2. The van der Waals surface area contributed by atoms with Gasteiger partial charge in [-0.15, -0.1) is 0 Å². The minimum Gasteiger partial charge on any atom is -0.460 e. The Hall–Kier alpha value is -0.693. The molecular weight excluding hydrogens is 360 g/mol. The quantitative estimate of drug-likeness (QED) is 0.114. The molecule has 0 fully saturated rings. The molecule has 160 valence electrons. The molecule has 0 amide bonds. The van der Waals surface area contributed by atoms with Crippen molar-refractivity contribution >= 4 is 14.8 Å². The van der Waals surface area contributed by atoms with E-state index in [4.69, 9.17) is 18.0 Å². The summed E-state index contributed by atoms with van der Waals surface area (Å²) in [5.74, 6) is -0.437. The van der Waals surface area contributed by atoms with Crippen molar-refractivity contribution in [3.8, 4) is 0 Å². The third-order valence-corrected chi connectivity index (χ3v) is 7.45. The van der Waals surface area contributed by atoms with Crippen LogP contribution in [-0.4, -0.2) is 41.2 Å². The lowest BCUT2D eigenvalue weighted by atomic mass is 10.1. The van der Waals surface area contributed by atoms with Crippen molar-refractivity contribution in [3.05, 3.63) is 12.7 Å². The van der Waals surface area contributed by atoms with Crippen molar-refractivity contribution in [1.29, 1.82) is 0 Å². The zero-order chi connectivity index (χ0) is 20.2. The summed E-state index contributed by atoms with van der Waals surface area (Å²) in [6.07, 6.45) is 14.1. The summed E-state index contributed by atoms with van der Waals surface area (Å²) in [6.45, 7) is 11.2. The number of rotatable bonds is 20. The summed E-state index contributed by atoms with van der Waals surface area (Å²) in [4.78, 5) is 11.1. The van der Waals surface area contributed by atoms with E-state index in [9.17, 15) is 4.79 Å². The van der Waals surface area contributed by atoms with Gasteiger partial charge in [0.2, 0.25) is 0 Å². The van der Waals surface area contributed by atoms with Crippen LogP contribution in [0.4, 0.5) is 0 Å². The predicted molar refractivity (Wildman–Crippen MR) is 113 cm³/mol. The lowest BCUT2D eigenvalue weighted by Gasteiger charge is -2.29. The number of ether oxygens (including phenoxy) is 1. The number of carbonyl (C=O) groups is 1. The number of hydrogen-bond acceptors (Lipinski definition) is 5. The predicted octanol–water partition coefficient (Wildman–Crippen LogP) is 5.67. The number of carbonyl (C=O) groups excluding carboxylic acids is 1. The maximum absolute atomic E-state index is 11.1. The monoisotopic (exact) mass is 402 g/mol. The van der Waals surface area contributed by atoms with Gasteiger partial charge in [0.25, 0.3) is 0 Å². The van der Waals surface area contributed by atoms with Crippen LogP contribution in [0.15, 0.2) is 12.7 Å². The normalized spacial score (nSPS) is 11.5. The molecule has 0 atom stereocenters. The van der Waals surface area contributed by atoms with Crippen molar-refractivity contribution in [2.75, 3.05) is 26.4 Å². The van der Waals surface area contributed by atoms with Gasteiger partial charge in [0.1, 0.15) is 6.61 Å². The van der Waals surface area contributed by atoms with E-state index in [2.05, 4.69) is 13.5 Å². The molecule has 0 aliphatic rings. The SMILES string of the molecule is C=CC(=O)OCCO[Si](CCCCCCCCCCCC)(OCC)OCC. The van der Waals surface area contributed by atoms with Crippen molar-refractivity contribution < 1.29 is 22.8 Å². The van der Waals surface area contributed by atoms with Gasteiger partial charge in [-0.3, -0.25) is 0 Å². The van der Waals surface area contributed by atoms with Gasteiger partial charge in [-0.05, 0) is 20.3 Å². The zero-order valence-electron chi connectivity index (χ0n) is 17.9. The fraction of sp³-hybridized carbons (Fsp3) is 0.857. The topological polar surface area (TPSA) is 54.0 Å². The van der Waals surface area contributed by atoms with Gasteiger partial charge in [0, 0.05) is 25.3 Å². The smallest absolute Gasteiger partial charge is 0.460 e. The molecule has 0 heterocycles. The summed E-state index contributed by atoms with van der Waals surface area (Å²) in [7, 11) is -2.69. The molecule has 0 aliphatic heterocycles. The maximum Gasteiger partial charge on any atom is 0.501 e. The fourth-order valence-electron chi connectivity index (χ4n) is 3.01. The van der Waals surface area contributed by atoms with Crippen LogP contribution >= 0.6 is 0 Å². The molecule has 0 aromatic rings. The van der Waals surface area contributed by atoms with E-state index in [1.807, 2.05) is 13.8 Å². The molecule has 6 heteroatoms. The lowest BCUT2D eigenvalue weighted by Crippen LogP contribution is -2.46. The Morgan fingerprint density at radius 3 is 1.78 bits per heavy atom. The first-order chi connectivity index (χ1) is 13.1. The van der Waals surface area contributed by atoms with Crippen LogP contribution in [0.2, 0.25) is 6.04 Å². The van der Waals surface area contributed by atoms with E-state index < -0.39 is 14.8 Å². The third-order valence-electron chi connectivity index (χ3n) is 4.38. The second-order valence-electron chi connectivity index (χ2n) is 6.70. The van der Waals surface area contributed by atoms with Gasteiger partial charge in [0.15, 0.2) is 0 Å². The highest BCUT2D eigenvalue weighted by Gasteiger charge is 2.40.